The van der Waals surface area contributed by atoms with E-state index in [2.05, 4.69) is 40.9 Å². The monoisotopic (exact) mass is 292 g/mol. The fourth-order valence-electron chi connectivity index (χ4n) is 3.54. The molecule has 2 saturated carbocycles. The molecule has 0 spiro atoms. The Morgan fingerprint density at radius 1 is 0.762 bits per heavy atom. The zero-order valence-electron chi connectivity index (χ0n) is 14.8. The zero-order chi connectivity index (χ0) is 15.9. The van der Waals surface area contributed by atoms with E-state index in [1.54, 1.807) is 12.2 Å². The molecule has 0 bridgehead atoms. The molecule has 1 nitrogen and oxygen atoms in total. The fraction of sp³-hybridized carbons (Fsp3) is 0.800. The summed E-state index contributed by atoms with van der Waals surface area (Å²) < 4.78 is 6.60. The minimum Gasteiger partial charge on any atom is -0.369 e. The minimum absolute atomic E-state index is 0.168. The first-order valence-corrected chi connectivity index (χ1v) is 8.76. The maximum atomic E-state index is 6.60. The van der Waals surface area contributed by atoms with E-state index in [4.69, 9.17) is 4.74 Å². The lowest BCUT2D eigenvalue weighted by molar-refractivity contribution is -0.173. The van der Waals surface area contributed by atoms with E-state index < -0.39 is 0 Å². The summed E-state index contributed by atoms with van der Waals surface area (Å²) >= 11 is 0. The number of rotatable bonds is 3. The molecule has 0 saturated heterocycles. The van der Waals surface area contributed by atoms with Crippen LogP contribution in [-0.2, 0) is 4.74 Å². The zero-order valence-corrected chi connectivity index (χ0v) is 14.8. The molecule has 0 amide bonds. The predicted molar refractivity (Wildman–Crippen MR) is 93.6 cm³/mol. The lowest BCUT2D eigenvalue weighted by Crippen LogP contribution is -2.44. The second kappa shape index (κ2) is 8.17. The minimum atomic E-state index is 0.168. The van der Waals surface area contributed by atoms with E-state index in [1.807, 2.05) is 0 Å². The Morgan fingerprint density at radius 3 is 1.29 bits per heavy atom. The summed E-state index contributed by atoms with van der Waals surface area (Å²) in [7, 11) is 0. The molecule has 2 fully saturated rings. The van der Waals surface area contributed by atoms with Crippen LogP contribution in [0.15, 0.2) is 25.3 Å². The van der Waals surface area contributed by atoms with Gasteiger partial charge in [-0.25, -0.2) is 0 Å². The summed E-state index contributed by atoms with van der Waals surface area (Å²) in [6.45, 7) is 16.2. The Labute approximate surface area is 132 Å². The molecule has 0 aliphatic heterocycles. The van der Waals surface area contributed by atoms with Gasteiger partial charge >= 0.3 is 0 Å². The molecule has 2 aliphatic carbocycles. The first-order valence-electron chi connectivity index (χ1n) is 8.76. The lowest BCUT2D eigenvalue weighted by Gasteiger charge is -2.46. The molecule has 0 aromatic rings. The van der Waals surface area contributed by atoms with Gasteiger partial charge in [-0.05, 0) is 77.0 Å². The molecular weight excluding hydrogens is 256 g/mol. The summed E-state index contributed by atoms with van der Waals surface area (Å²) in [4.78, 5) is 0. The molecule has 0 heterocycles. The molecule has 21 heavy (non-hydrogen) atoms. The van der Waals surface area contributed by atoms with Gasteiger partial charge in [0, 0.05) is 0 Å². The summed E-state index contributed by atoms with van der Waals surface area (Å²) in [5.74, 6) is 1.82. The van der Waals surface area contributed by atoms with Gasteiger partial charge in [-0.3, -0.25) is 0 Å². The second-order valence-corrected chi connectivity index (χ2v) is 7.84. The summed E-state index contributed by atoms with van der Waals surface area (Å²) in [5.41, 5.74) is 0.337. The Kier molecular flexibility index (Phi) is 7.20. The van der Waals surface area contributed by atoms with Gasteiger partial charge in [0.2, 0.25) is 0 Å². The first-order chi connectivity index (χ1) is 9.82. The molecule has 0 N–H and O–H groups in total. The quantitative estimate of drug-likeness (QED) is 0.555. The topological polar surface area (TPSA) is 9.23 Å². The van der Waals surface area contributed by atoms with Crippen molar-refractivity contribution in [1.29, 1.82) is 0 Å². The molecule has 2 aliphatic rings. The van der Waals surface area contributed by atoms with Crippen LogP contribution < -0.4 is 0 Å². The Balaban J connectivity index is 0.000000491. The third-order valence-electron chi connectivity index (χ3n) is 5.32. The molecule has 0 unspecified atom stereocenters. The van der Waals surface area contributed by atoms with E-state index in [1.165, 1.54) is 51.4 Å². The Bertz CT molecular complexity index is 283. The van der Waals surface area contributed by atoms with E-state index in [-0.39, 0.29) is 11.2 Å². The van der Waals surface area contributed by atoms with E-state index in [9.17, 15) is 0 Å². The smallest absolute Gasteiger partial charge is 0.0662 e. The SMILES string of the molecule is C=CC=C.CC1CCC(C)(OC2(C)CCC(C)CC2)CC1. The van der Waals surface area contributed by atoms with Gasteiger partial charge in [-0.15, -0.1) is 0 Å². The van der Waals surface area contributed by atoms with Crippen LogP contribution >= 0.6 is 0 Å². The molecule has 0 atom stereocenters. The first kappa shape index (κ1) is 18.5. The predicted octanol–water partition coefficient (Wildman–Crippen LogP) is 6.30. The van der Waals surface area contributed by atoms with Crippen molar-refractivity contribution in [3.8, 4) is 0 Å². The van der Waals surface area contributed by atoms with Crippen molar-refractivity contribution in [2.75, 3.05) is 0 Å². The number of hydrogen-bond acceptors (Lipinski definition) is 1. The largest absolute Gasteiger partial charge is 0.369 e. The second-order valence-electron chi connectivity index (χ2n) is 7.84. The van der Waals surface area contributed by atoms with Crippen LogP contribution in [0.5, 0.6) is 0 Å². The van der Waals surface area contributed by atoms with Gasteiger partial charge in [0.05, 0.1) is 11.2 Å². The van der Waals surface area contributed by atoms with Crippen LogP contribution in [0.1, 0.15) is 79.1 Å². The van der Waals surface area contributed by atoms with Crippen LogP contribution in [-0.4, -0.2) is 11.2 Å². The van der Waals surface area contributed by atoms with Gasteiger partial charge in [0.1, 0.15) is 0 Å². The number of allylic oxidation sites excluding steroid dienone is 2. The van der Waals surface area contributed by atoms with E-state index in [0.29, 0.717) is 0 Å². The van der Waals surface area contributed by atoms with Gasteiger partial charge in [-0.1, -0.05) is 39.2 Å². The van der Waals surface area contributed by atoms with E-state index in [0.717, 1.165) is 11.8 Å². The molecular formula is C20H36O. The highest BCUT2D eigenvalue weighted by Crippen LogP contribution is 2.42. The maximum absolute atomic E-state index is 6.60. The van der Waals surface area contributed by atoms with Gasteiger partial charge in [-0.2, -0.15) is 0 Å². The standard InChI is InChI=1S/C16H30O.C4H6/c1-13-5-9-15(3,10-6-13)17-16(4)11-7-14(2)8-12-16;1-3-4-2/h13-14H,5-12H2,1-4H3;3-4H,1-2H2. The lowest BCUT2D eigenvalue weighted by atomic mass is 9.77. The molecule has 0 radical (unpaired) electrons. The van der Waals surface area contributed by atoms with Crippen LogP contribution in [0.2, 0.25) is 0 Å². The highest BCUT2D eigenvalue weighted by atomic mass is 16.5. The highest BCUT2D eigenvalue weighted by Gasteiger charge is 2.39. The summed E-state index contributed by atoms with van der Waals surface area (Å²) in [6, 6.07) is 0. The van der Waals surface area contributed by atoms with Crippen molar-refractivity contribution in [3.63, 3.8) is 0 Å². The van der Waals surface area contributed by atoms with Crippen molar-refractivity contribution in [2.45, 2.75) is 90.3 Å². The van der Waals surface area contributed by atoms with Crippen LogP contribution in [0.3, 0.4) is 0 Å². The van der Waals surface area contributed by atoms with Crippen LogP contribution in [0.4, 0.5) is 0 Å². The molecule has 122 valence electrons. The fourth-order valence-corrected chi connectivity index (χ4v) is 3.54. The Morgan fingerprint density at radius 2 is 1.05 bits per heavy atom. The maximum Gasteiger partial charge on any atom is 0.0662 e. The van der Waals surface area contributed by atoms with Gasteiger partial charge < -0.3 is 4.74 Å². The normalized spacial score (nSPS) is 39.8. The molecule has 2 rings (SSSR count). The van der Waals surface area contributed by atoms with Crippen LogP contribution in [0, 0.1) is 11.8 Å². The van der Waals surface area contributed by atoms with Gasteiger partial charge in [0.15, 0.2) is 0 Å². The van der Waals surface area contributed by atoms with Crippen LogP contribution in [0.25, 0.3) is 0 Å². The molecule has 0 aromatic heterocycles. The summed E-state index contributed by atoms with van der Waals surface area (Å²) in [6.07, 6.45) is 13.7. The molecule has 1 heteroatoms. The van der Waals surface area contributed by atoms with E-state index >= 15 is 0 Å². The summed E-state index contributed by atoms with van der Waals surface area (Å²) in [5, 5.41) is 0. The van der Waals surface area contributed by atoms with Crippen molar-refractivity contribution < 1.29 is 4.74 Å². The molecule has 0 aromatic carbocycles. The third-order valence-corrected chi connectivity index (χ3v) is 5.32. The van der Waals surface area contributed by atoms with Crippen molar-refractivity contribution in [3.05, 3.63) is 25.3 Å². The van der Waals surface area contributed by atoms with Gasteiger partial charge in [0.25, 0.3) is 0 Å². The van der Waals surface area contributed by atoms with Crippen molar-refractivity contribution >= 4 is 0 Å². The average molecular weight is 293 g/mol. The average Bonchev–Trinajstić information content (AvgIpc) is 2.46. The number of ether oxygens (including phenoxy) is 1. The number of hydrogen-bond donors (Lipinski definition) is 0. The van der Waals surface area contributed by atoms with Crippen molar-refractivity contribution in [2.24, 2.45) is 11.8 Å². The third kappa shape index (κ3) is 6.38. The highest BCUT2D eigenvalue weighted by molar-refractivity contribution is 4.90. The van der Waals surface area contributed by atoms with Crippen molar-refractivity contribution in [1.82, 2.24) is 0 Å². The Hall–Kier alpha value is -0.560.